The number of hydrogen-bond donors (Lipinski definition) is 1. The molecule has 2 rings (SSSR count). The lowest BCUT2D eigenvalue weighted by Crippen LogP contribution is -2.27. The van der Waals surface area contributed by atoms with Gasteiger partial charge in [-0.05, 0) is 24.8 Å². The Kier molecular flexibility index (Phi) is 2.96. The first-order valence-corrected chi connectivity index (χ1v) is 5.62. The predicted octanol–water partition coefficient (Wildman–Crippen LogP) is 1.16. The maximum absolute atomic E-state index is 11.6. The van der Waals surface area contributed by atoms with Crippen molar-refractivity contribution in [2.24, 2.45) is 5.92 Å². The molecule has 1 saturated heterocycles. The number of nitrogens with two attached hydrogens (primary N) is 1. The van der Waals surface area contributed by atoms with Crippen LogP contribution in [0.2, 0.25) is 0 Å². The summed E-state index contributed by atoms with van der Waals surface area (Å²) in [5, 5.41) is 0. The average molecular weight is 223 g/mol. The Labute approximate surface area is 94.2 Å². The molecule has 2 heterocycles. The molecule has 0 bridgehead atoms. The summed E-state index contributed by atoms with van der Waals surface area (Å²) >= 11 is 0. The molecule has 0 unspecified atom stereocenters. The van der Waals surface area contributed by atoms with E-state index in [1.807, 2.05) is 0 Å². The van der Waals surface area contributed by atoms with Gasteiger partial charge in [0.25, 0.3) is 0 Å². The van der Waals surface area contributed by atoms with Gasteiger partial charge in [-0.1, -0.05) is 13.8 Å². The summed E-state index contributed by atoms with van der Waals surface area (Å²) in [7, 11) is 0. The van der Waals surface area contributed by atoms with Crippen molar-refractivity contribution in [2.45, 2.75) is 39.0 Å². The number of ether oxygens (including phenoxy) is 1. The zero-order chi connectivity index (χ0) is 11.7. The Morgan fingerprint density at radius 3 is 3.00 bits per heavy atom. The van der Waals surface area contributed by atoms with Crippen LogP contribution in [0.15, 0.2) is 17.1 Å². The Hall–Kier alpha value is -1.36. The second-order valence-electron chi connectivity index (χ2n) is 4.29. The van der Waals surface area contributed by atoms with Gasteiger partial charge in [0.05, 0.1) is 6.10 Å². The van der Waals surface area contributed by atoms with E-state index < -0.39 is 0 Å². The molecule has 1 aromatic rings. The minimum Gasteiger partial charge on any atom is -0.383 e. The van der Waals surface area contributed by atoms with E-state index in [-0.39, 0.29) is 23.8 Å². The minimum atomic E-state index is -0.339. The molecule has 5 heteroatoms. The van der Waals surface area contributed by atoms with Crippen LogP contribution in [-0.2, 0) is 4.74 Å². The summed E-state index contributed by atoms with van der Waals surface area (Å²) in [6.07, 6.45) is 3.51. The van der Waals surface area contributed by atoms with Crippen LogP contribution >= 0.6 is 0 Å². The Morgan fingerprint density at radius 1 is 1.69 bits per heavy atom. The molecule has 16 heavy (non-hydrogen) atoms. The van der Waals surface area contributed by atoms with Crippen molar-refractivity contribution in [1.82, 2.24) is 9.55 Å². The zero-order valence-corrected chi connectivity index (χ0v) is 9.59. The molecule has 0 amide bonds. The topological polar surface area (TPSA) is 70.1 Å². The third-order valence-corrected chi connectivity index (χ3v) is 3.10. The summed E-state index contributed by atoms with van der Waals surface area (Å²) in [6, 6.07) is 1.62. The maximum atomic E-state index is 11.6. The molecule has 0 radical (unpaired) electrons. The molecule has 5 nitrogen and oxygen atoms in total. The van der Waals surface area contributed by atoms with E-state index in [1.54, 1.807) is 12.3 Å². The normalized spacial score (nSPS) is 29.5. The highest BCUT2D eigenvalue weighted by Gasteiger charge is 2.32. The first-order chi connectivity index (χ1) is 7.61. The van der Waals surface area contributed by atoms with Gasteiger partial charge >= 0.3 is 5.69 Å². The number of nitrogen functional groups attached to an aromatic ring is 1. The largest absolute Gasteiger partial charge is 0.383 e. The van der Waals surface area contributed by atoms with Crippen LogP contribution in [-0.4, -0.2) is 15.7 Å². The lowest BCUT2D eigenvalue weighted by atomic mass is 10.0. The molecule has 0 spiro atoms. The van der Waals surface area contributed by atoms with Gasteiger partial charge in [-0.3, -0.25) is 4.57 Å². The number of rotatable bonds is 2. The minimum absolute atomic E-state index is 0.194. The third-order valence-electron chi connectivity index (χ3n) is 3.10. The van der Waals surface area contributed by atoms with Gasteiger partial charge in [-0.2, -0.15) is 4.98 Å². The van der Waals surface area contributed by atoms with Gasteiger partial charge in [0.15, 0.2) is 0 Å². The summed E-state index contributed by atoms with van der Waals surface area (Å²) in [4.78, 5) is 15.3. The van der Waals surface area contributed by atoms with Gasteiger partial charge < -0.3 is 10.5 Å². The molecular formula is C11H17N3O2. The summed E-state index contributed by atoms with van der Waals surface area (Å²) in [5.41, 5.74) is 5.10. The highest BCUT2D eigenvalue weighted by Crippen LogP contribution is 2.33. The second-order valence-corrected chi connectivity index (χ2v) is 4.29. The van der Waals surface area contributed by atoms with Gasteiger partial charge in [0.1, 0.15) is 12.0 Å². The summed E-state index contributed by atoms with van der Waals surface area (Å²) < 4.78 is 7.33. The summed E-state index contributed by atoms with van der Waals surface area (Å²) in [6.45, 7) is 4.23. The van der Waals surface area contributed by atoms with Gasteiger partial charge in [-0.15, -0.1) is 0 Å². The van der Waals surface area contributed by atoms with Crippen molar-refractivity contribution in [3.8, 4) is 0 Å². The van der Waals surface area contributed by atoms with Gasteiger partial charge in [0, 0.05) is 6.20 Å². The molecule has 1 aliphatic rings. The Bertz CT molecular complexity index is 429. The molecule has 0 aliphatic carbocycles. The highest BCUT2D eigenvalue weighted by molar-refractivity contribution is 5.23. The Morgan fingerprint density at radius 2 is 2.44 bits per heavy atom. The van der Waals surface area contributed by atoms with Crippen LogP contribution in [0.3, 0.4) is 0 Å². The second kappa shape index (κ2) is 4.25. The standard InChI is InChI=1S/C11H17N3O2/c1-3-8-7(2)6-10(16-8)14-5-4-9(12)13-11(14)15/h4-5,7-8,10H,3,6H2,1-2H3,(H2,12,13,15)/t7-,8+,10+/m0/s1. The lowest BCUT2D eigenvalue weighted by Gasteiger charge is -2.14. The number of nitrogens with zero attached hydrogens (tertiary/aromatic N) is 2. The third kappa shape index (κ3) is 1.95. The van der Waals surface area contributed by atoms with Crippen molar-refractivity contribution in [3.05, 3.63) is 22.7 Å². The fraction of sp³-hybridized carbons (Fsp3) is 0.636. The molecule has 1 aromatic heterocycles. The molecule has 1 fully saturated rings. The van der Waals surface area contributed by atoms with Gasteiger partial charge in [0.2, 0.25) is 0 Å². The lowest BCUT2D eigenvalue weighted by molar-refractivity contribution is -0.00747. The molecular weight excluding hydrogens is 206 g/mol. The van der Waals surface area contributed by atoms with Crippen LogP contribution in [0.5, 0.6) is 0 Å². The van der Waals surface area contributed by atoms with E-state index >= 15 is 0 Å². The van der Waals surface area contributed by atoms with Crippen molar-refractivity contribution >= 4 is 5.82 Å². The van der Waals surface area contributed by atoms with E-state index in [0.29, 0.717) is 5.92 Å². The zero-order valence-electron chi connectivity index (χ0n) is 9.59. The molecule has 0 aromatic carbocycles. The average Bonchev–Trinajstić information content (AvgIpc) is 2.59. The van der Waals surface area contributed by atoms with Crippen molar-refractivity contribution in [3.63, 3.8) is 0 Å². The molecule has 1 aliphatic heterocycles. The van der Waals surface area contributed by atoms with E-state index in [0.717, 1.165) is 12.8 Å². The fourth-order valence-electron chi connectivity index (χ4n) is 2.18. The fourth-order valence-corrected chi connectivity index (χ4v) is 2.18. The van der Waals surface area contributed by atoms with E-state index in [4.69, 9.17) is 10.5 Å². The highest BCUT2D eigenvalue weighted by atomic mass is 16.5. The van der Waals surface area contributed by atoms with Crippen LogP contribution in [0.25, 0.3) is 0 Å². The number of anilines is 1. The SMILES string of the molecule is CC[C@H]1O[C@@H](n2ccc(N)nc2=O)C[C@@H]1C. The first kappa shape index (κ1) is 11.1. The van der Waals surface area contributed by atoms with Crippen LogP contribution in [0.4, 0.5) is 5.82 Å². The Balaban J connectivity index is 2.23. The van der Waals surface area contributed by atoms with E-state index in [2.05, 4.69) is 18.8 Å². The summed E-state index contributed by atoms with van der Waals surface area (Å²) in [5.74, 6) is 0.721. The number of aromatic nitrogens is 2. The van der Waals surface area contributed by atoms with Crippen molar-refractivity contribution in [1.29, 1.82) is 0 Å². The molecule has 0 saturated carbocycles. The van der Waals surface area contributed by atoms with Crippen molar-refractivity contribution < 1.29 is 4.74 Å². The van der Waals surface area contributed by atoms with Crippen molar-refractivity contribution in [2.75, 3.05) is 5.73 Å². The smallest absolute Gasteiger partial charge is 0.351 e. The monoisotopic (exact) mass is 223 g/mol. The van der Waals surface area contributed by atoms with Gasteiger partial charge in [-0.25, -0.2) is 4.79 Å². The molecule has 3 atom stereocenters. The molecule has 2 N–H and O–H groups in total. The predicted molar refractivity (Wildman–Crippen MR) is 60.9 cm³/mol. The van der Waals surface area contributed by atoms with E-state index in [9.17, 15) is 4.79 Å². The van der Waals surface area contributed by atoms with Crippen LogP contribution in [0.1, 0.15) is 32.9 Å². The maximum Gasteiger partial charge on any atom is 0.351 e. The number of hydrogen-bond acceptors (Lipinski definition) is 4. The van der Waals surface area contributed by atoms with Crippen LogP contribution < -0.4 is 11.4 Å². The van der Waals surface area contributed by atoms with Crippen LogP contribution in [0, 0.1) is 5.92 Å². The van der Waals surface area contributed by atoms with E-state index in [1.165, 1.54) is 4.57 Å². The quantitative estimate of drug-likeness (QED) is 0.816. The molecule has 88 valence electrons. The first-order valence-electron chi connectivity index (χ1n) is 5.62.